The first kappa shape index (κ1) is 9.25. The Labute approximate surface area is 79.1 Å². The summed E-state index contributed by atoms with van der Waals surface area (Å²) in [5, 5.41) is 6.64. The van der Waals surface area contributed by atoms with E-state index in [-0.39, 0.29) is 10.7 Å². The molecule has 0 radical (unpaired) electrons. The molecule has 1 aromatic rings. The molecule has 1 unspecified atom stereocenters. The Kier molecular flexibility index (Phi) is 2.86. The zero-order chi connectivity index (χ0) is 9.14. The highest BCUT2D eigenvalue weighted by Gasteiger charge is 2.09. The van der Waals surface area contributed by atoms with E-state index in [1.165, 1.54) is 0 Å². The fraction of sp³-hybridized carbons (Fsp3) is 0.429. The number of carbonyl (C=O) groups is 1. The predicted octanol–water partition coefficient (Wildman–Crippen LogP) is 1.14. The maximum atomic E-state index is 11.1. The Hall–Kier alpha value is -0.840. The maximum Gasteiger partial charge on any atom is 0.239 e. The summed E-state index contributed by atoms with van der Waals surface area (Å²) in [7, 11) is 1.80. The summed E-state index contributed by atoms with van der Waals surface area (Å²) in [5.41, 5.74) is 0. The molecule has 0 fully saturated rings. The minimum Gasteiger partial charge on any atom is -0.308 e. The molecule has 0 saturated carbocycles. The lowest BCUT2D eigenvalue weighted by Gasteiger charge is -2.01. The van der Waals surface area contributed by atoms with E-state index in [9.17, 15) is 4.79 Å². The number of carbonyl (C=O) groups excluding carboxylic acids is 1. The van der Waals surface area contributed by atoms with Crippen LogP contribution in [0.1, 0.15) is 6.92 Å². The second-order valence-electron chi connectivity index (χ2n) is 2.48. The molecule has 4 nitrogen and oxygen atoms in total. The van der Waals surface area contributed by atoms with Gasteiger partial charge in [0.2, 0.25) is 5.91 Å². The average molecular weight is 232 g/mol. The fourth-order valence-corrected chi connectivity index (χ4v) is 0.822. The van der Waals surface area contributed by atoms with Gasteiger partial charge in [-0.1, -0.05) is 15.9 Å². The Morgan fingerprint density at radius 3 is 2.92 bits per heavy atom. The van der Waals surface area contributed by atoms with Crippen LogP contribution in [0, 0.1) is 0 Å². The van der Waals surface area contributed by atoms with E-state index in [1.807, 2.05) is 0 Å². The van der Waals surface area contributed by atoms with E-state index in [1.54, 1.807) is 30.9 Å². The van der Waals surface area contributed by atoms with Gasteiger partial charge in [-0.2, -0.15) is 5.10 Å². The Morgan fingerprint density at radius 2 is 2.50 bits per heavy atom. The van der Waals surface area contributed by atoms with Gasteiger partial charge in [-0.15, -0.1) is 0 Å². The second-order valence-corrected chi connectivity index (χ2v) is 3.85. The minimum absolute atomic E-state index is 0.0892. The molecule has 5 heteroatoms. The lowest BCUT2D eigenvalue weighted by molar-refractivity contribution is -0.115. The number of amides is 1. The first-order valence-electron chi connectivity index (χ1n) is 3.54. The van der Waals surface area contributed by atoms with Crippen LogP contribution in [0.2, 0.25) is 0 Å². The Morgan fingerprint density at radius 1 is 1.83 bits per heavy atom. The lowest BCUT2D eigenvalue weighted by Crippen LogP contribution is -2.20. The van der Waals surface area contributed by atoms with Crippen LogP contribution in [0.25, 0.3) is 0 Å². The molecule has 0 aliphatic rings. The number of rotatable bonds is 2. The number of anilines is 1. The molecule has 0 aromatic carbocycles. The number of aromatic nitrogens is 2. The number of alkyl halides is 1. The molecule has 1 atom stereocenters. The summed E-state index contributed by atoms with van der Waals surface area (Å²) >= 11 is 3.16. The predicted molar refractivity (Wildman–Crippen MR) is 50.2 cm³/mol. The number of aryl methyl sites for hydroxylation is 1. The van der Waals surface area contributed by atoms with E-state index in [0.717, 1.165) is 0 Å². The van der Waals surface area contributed by atoms with Crippen molar-refractivity contribution in [1.82, 2.24) is 9.78 Å². The monoisotopic (exact) mass is 231 g/mol. The van der Waals surface area contributed by atoms with Crippen LogP contribution in [0.4, 0.5) is 5.82 Å². The van der Waals surface area contributed by atoms with Crippen molar-refractivity contribution in [3.63, 3.8) is 0 Å². The topological polar surface area (TPSA) is 46.9 Å². The molecule has 0 saturated heterocycles. The summed E-state index contributed by atoms with van der Waals surface area (Å²) in [5.74, 6) is 0.488. The molecule has 0 aliphatic heterocycles. The van der Waals surface area contributed by atoms with Crippen molar-refractivity contribution >= 4 is 27.7 Å². The van der Waals surface area contributed by atoms with Gasteiger partial charge < -0.3 is 5.32 Å². The SMILES string of the molecule is CC(Br)C(=O)Nc1ccn(C)n1. The third-order valence-electron chi connectivity index (χ3n) is 1.33. The van der Waals surface area contributed by atoms with E-state index in [2.05, 4.69) is 26.3 Å². The quantitative estimate of drug-likeness (QED) is 0.777. The van der Waals surface area contributed by atoms with Crippen molar-refractivity contribution in [1.29, 1.82) is 0 Å². The Bertz CT molecular complexity index is 282. The van der Waals surface area contributed by atoms with Crippen LogP contribution in [0.15, 0.2) is 12.3 Å². The van der Waals surface area contributed by atoms with Crippen molar-refractivity contribution < 1.29 is 4.79 Å². The molecule has 0 spiro atoms. The molecule has 1 rings (SSSR count). The highest BCUT2D eigenvalue weighted by atomic mass is 79.9. The van der Waals surface area contributed by atoms with E-state index in [4.69, 9.17) is 0 Å². The van der Waals surface area contributed by atoms with Gasteiger partial charge in [0.1, 0.15) is 0 Å². The van der Waals surface area contributed by atoms with Gasteiger partial charge in [0.05, 0.1) is 4.83 Å². The van der Waals surface area contributed by atoms with Crippen LogP contribution in [-0.4, -0.2) is 20.5 Å². The number of halogens is 1. The van der Waals surface area contributed by atoms with Crippen LogP contribution < -0.4 is 5.32 Å². The van der Waals surface area contributed by atoms with Gasteiger partial charge in [-0.3, -0.25) is 9.48 Å². The standard InChI is InChI=1S/C7H10BrN3O/c1-5(8)7(12)9-6-3-4-11(2)10-6/h3-5H,1-2H3,(H,9,10,12). The molecule has 1 aromatic heterocycles. The summed E-state index contributed by atoms with van der Waals surface area (Å²) < 4.78 is 1.63. The largest absolute Gasteiger partial charge is 0.308 e. The van der Waals surface area contributed by atoms with Crippen molar-refractivity contribution in [2.75, 3.05) is 5.32 Å². The lowest BCUT2D eigenvalue weighted by atomic mass is 10.4. The van der Waals surface area contributed by atoms with E-state index >= 15 is 0 Å². The molecule has 12 heavy (non-hydrogen) atoms. The van der Waals surface area contributed by atoms with Crippen molar-refractivity contribution in [2.45, 2.75) is 11.8 Å². The average Bonchev–Trinajstić information content (AvgIpc) is 2.35. The number of hydrogen-bond donors (Lipinski definition) is 1. The van der Waals surface area contributed by atoms with Crippen molar-refractivity contribution in [3.8, 4) is 0 Å². The minimum atomic E-state index is -0.195. The highest BCUT2D eigenvalue weighted by molar-refractivity contribution is 9.10. The zero-order valence-electron chi connectivity index (χ0n) is 6.91. The molecule has 1 heterocycles. The first-order valence-corrected chi connectivity index (χ1v) is 4.46. The smallest absolute Gasteiger partial charge is 0.239 e. The third kappa shape index (κ3) is 2.34. The van der Waals surface area contributed by atoms with E-state index < -0.39 is 0 Å². The summed E-state index contributed by atoms with van der Waals surface area (Å²) in [4.78, 5) is 10.9. The van der Waals surface area contributed by atoms with Crippen molar-refractivity contribution in [2.24, 2.45) is 7.05 Å². The summed E-state index contributed by atoms with van der Waals surface area (Å²) in [6, 6.07) is 1.74. The van der Waals surface area contributed by atoms with E-state index in [0.29, 0.717) is 5.82 Å². The van der Waals surface area contributed by atoms with Crippen LogP contribution >= 0.6 is 15.9 Å². The van der Waals surface area contributed by atoms with Crippen LogP contribution in [0.5, 0.6) is 0 Å². The molecule has 1 N–H and O–H groups in total. The first-order chi connectivity index (χ1) is 5.59. The van der Waals surface area contributed by atoms with Gasteiger partial charge in [0.15, 0.2) is 5.82 Å². The summed E-state index contributed by atoms with van der Waals surface area (Å²) in [6.45, 7) is 1.76. The Balaban J connectivity index is 2.58. The normalized spacial score (nSPS) is 12.6. The molecule has 1 amide bonds. The van der Waals surface area contributed by atoms with Crippen LogP contribution in [-0.2, 0) is 11.8 Å². The molecular weight excluding hydrogens is 222 g/mol. The third-order valence-corrected chi connectivity index (χ3v) is 1.74. The van der Waals surface area contributed by atoms with Crippen LogP contribution in [0.3, 0.4) is 0 Å². The van der Waals surface area contributed by atoms with Crippen molar-refractivity contribution in [3.05, 3.63) is 12.3 Å². The molecule has 0 aliphatic carbocycles. The number of nitrogens with zero attached hydrogens (tertiary/aromatic N) is 2. The molecular formula is C7H10BrN3O. The highest BCUT2D eigenvalue weighted by Crippen LogP contribution is 2.04. The van der Waals surface area contributed by atoms with Gasteiger partial charge in [-0.05, 0) is 6.92 Å². The number of hydrogen-bond acceptors (Lipinski definition) is 2. The van der Waals surface area contributed by atoms with Gasteiger partial charge in [0, 0.05) is 19.3 Å². The number of nitrogens with one attached hydrogen (secondary N) is 1. The van der Waals surface area contributed by atoms with Gasteiger partial charge in [-0.25, -0.2) is 0 Å². The van der Waals surface area contributed by atoms with Gasteiger partial charge >= 0.3 is 0 Å². The molecule has 66 valence electrons. The summed E-state index contributed by atoms with van der Waals surface area (Å²) in [6.07, 6.45) is 1.77. The maximum absolute atomic E-state index is 11.1. The zero-order valence-corrected chi connectivity index (χ0v) is 8.50. The molecule has 0 bridgehead atoms. The van der Waals surface area contributed by atoms with Gasteiger partial charge in [0.25, 0.3) is 0 Å². The second kappa shape index (κ2) is 3.71. The fourth-order valence-electron chi connectivity index (χ4n) is 0.707.